The standard InChI is InChI=1S/C29H42IN/c1-8-9-10-11-12-13-18-31-29(30)25-19-21(27(2,3)4)14-16-23(25)24-17-15-22(20-26(24)29)28(5,6)7/h14-17,19-20,31H,8-13,18H2,1-7H3. The monoisotopic (exact) mass is 531 g/mol. The molecule has 1 N–H and O–H groups in total. The van der Waals surface area contributed by atoms with Crippen molar-refractivity contribution in [2.75, 3.05) is 6.54 Å². The summed E-state index contributed by atoms with van der Waals surface area (Å²) in [7, 11) is 0. The van der Waals surface area contributed by atoms with Crippen molar-refractivity contribution in [1.29, 1.82) is 0 Å². The highest BCUT2D eigenvalue weighted by atomic mass is 127. The second-order valence-corrected chi connectivity index (χ2v) is 13.0. The van der Waals surface area contributed by atoms with Crippen molar-refractivity contribution in [3.05, 3.63) is 58.7 Å². The highest BCUT2D eigenvalue weighted by molar-refractivity contribution is 14.1. The number of hydrogen-bond donors (Lipinski definition) is 1. The Kier molecular flexibility index (Phi) is 7.63. The number of rotatable bonds is 8. The number of benzene rings is 2. The zero-order valence-electron chi connectivity index (χ0n) is 20.8. The maximum absolute atomic E-state index is 4.01. The fourth-order valence-corrected chi connectivity index (χ4v) is 5.72. The van der Waals surface area contributed by atoms with E-state index in [1.54, 1.807) is 0 Å². The Labute approximate surface area is 204 Å². The van der Waals surface area contributed by atoms with E-state index in [0.29, 0.717) is 0 Å². The van der Waals surface area contributed by atoms with E-state index in [1.807, 2.05) is 0 Å². The van der Waals surface area contributed by atoms with Crippen LogP contribution in [0.3, 0.4) is 0 Å². The number of alkyl halides is 1. The second-order valence-electron chi connectivity index (χ2n) is 11.4. The van der Waals surface area contributed by atoms with Gasteiger partial charge in [-0.15, -0.1) is 0 Å². The van der Waals surface area contributed by atoms with Crippen molar-refractivity contribution < 1.29 is 0 Å². The molecule has 0 bridgehead atoms. The molecule has 2 aromatic rings. The van der Waals surface area contributed by atoms with E-state index in [1.165, 1.54) is 71.9 Å². The molecule has 1 nitrogen and oxygen atoms in total. The van der Waals surface area contributed by atoms with E-state index < -0.39 is 0 Å². The van der Waals surface area contributed by atoms with Crippen LogP contribution in [0.1, 0.15) is 109 Å². The molecule has 0 atom stereocenters. The summed E-state index contributed by atoms with van der Waals surface area (Å²) in [5.74, 6) is 0. The first kappa shape index (κ1) is 24.8. The van der Waals surface area contributed by atoms with E-state index in [9.17, 15) is 0 Å². The maximum Gasteiger partial charge on any atom is 0.123 e. The Morgan fingerprint density at radius 2 is 1.16 bits per heavy atom. The first-order valence-corrected chi connectivity index (χ1v) is 13.3. The van der Waals surface area contributed by atoms with Gasteiger partial charge in [0.05, 0.1) is 0 Å². The quantitative estimate of drug-likeness (QED) is 0.155. The highest BCUT2D eigenvalue weighted by Crippen LogP contribution is 2.53. The first-order chi connectivity index (χ1) is 14.5. The Hall–Kier alpha value is -0.870. The summed E-state index contributed by atoms with van der Waals surface area (Å²) in [6, 6.07) is 14.3. The molecular weight excluding hydrogens is 489 g/mol. The lowest BCUT2D eigenvalue weighted by atomic mass is 9.85. The van der Waals surface area contributed by atoms with Crippen LogP contribution in [0.5, 0.6) is 0 Å². The smallest absolute Gasteiger partial charge is 0.123 e. The minimum atomic E-state index is -0.158. The molecule has 0 aromatic heterocycles. The van der Waals surface area contributed by atoms with Crippen LogP contribution in [0.2, 0.25) is 0 Å². The van der Waals surface area contributed by atoms with Crippen LogP contribution < -0.4 is 5.32 Å². The summed E-state index contributed by atoms with van der Waals surface area (Å²) >= 11 is 2.70. The zero-order chi connectivity index (χ0) is 22.9. The minimum Gasteiger partial charge on any atom is -0.295 e. The van der Waals surface area contributed by atoms with Crippen molar-refractivity contribution in [2.45, 2.75) is 101 Å². The van der Waals surface area contributed by atoms with E-state index in [0.717, 1.165) is 6.54 Å². The van der Waals surface area contributed by atoms with Gasteiger partial charge in [0, 0.05) is 0 Å². The molecule has 0 radical (unpaired) electrons. The normalized spacial score (nSPS) is 15.1. The Bertz CT molecular complexity index is 834. The van der Waals surface area contributed by atoms with E-state index >= 15 is 0 Å². The van der Waals surface area contributed by atoms with Crippen LogP contribution in [-0.4, -0.2) is 6.54 Å². The molecule has 31 heavy (non-hydrogen) atoms. The fourth-order valence-electron chi connectivity index (χ4n) is 4.56. The average Bonchev–Trinajstić information content (AvgIpc) is 2.94. The van der Waals surface area contributed by atoms with Gasteiger partial charge in [0.25, 0.3) is 0 Å². The number of nitrogens with one attached hydrogen (secondary N) is 1. The molecule has 2 heteroatoms. The summed E-state index contributed by atoms with van der Waals surface area (Å²) < 4.78 is -0.158. The third-order valence-corrected chi connectivity index (χ3v) is 8.25. The lowest BCUT2D eigenvalue weighted by molar-refractivity contribution is 0.531. The number of halogens is 1. The van der Waals surface area contributed by atoms with Gasteiger partial charge in [-0.1, -0.05) is 140 Å². The summed E-state index contributed by atoms with van der Waals surface area (Å²) in [6.45, 7) is 17.2. The average molecular weight is 532 g/mol. The number of unbranched alkanes of at least 4 members (excludes halogenated alkanes) is 5. The van der Waals surface area contributed by atoms with Gasteiger partial charge in [-0.2, -0.15) is 0 Å². The predicted octanol–water partition coefficient (Wildman–Crippen LogP) is 8.85. The molecular formula is C29H42IN. The molecule has 3 rings (SSSR count). The van der Waals surface area contributed by atoms with Crippen molar-refractivity contribution >= 4 is 22.6 Å². The lowest BCUT2D eigenvalue weighted by Crippen LogP contribution is -2.37. The maximum atomic E-state index is 4.01. The molecule has 2 aromatic carbocycles. The molecule has 0 saturated heterocycles. The molecule has 0 unspecified atom stereocenters. The summed E-state index contributed by atoms with van der Waals surface area (Å²) in [4.78, 5) is 0. The lowest BCUT2D eigenvalue weighted by Gasteiger charge is -2.30. The largest absolute Gasteiger partial charge is 0.295 e. The van der Waals surface area contributed by atoms with Crippen molar-refractivity contribution in [3.8, 4) is 11.1 Å². The van der Waals surface area contributed by atoms with Crippen LogP contribution >= 0.6 is 22.6 Å². The molecule has 0 spiro atoms. The third kappa shape index (κ3) is 5.38. The first-order valence-electron chi connectivity index (χ1n) is 12.2. The predicted molar refractivity (Wildman–Crippen MR) is 145 cm³/mol. The molecule has 170 valence electrons. The highest BCUT2D eigenvalue weighted by Gasteiger charge is 2.42. The van der Waals surface area contributed by atoms with Gasteiger partial charge in [0.1, 0.15) is 3.55 Å². The molecule has 0 heterocycles. The van der Waals surface area contributed by atoms with Crippen LogP contribution in [-0.2, 0) is 14.4 Å². The van der Waals surface area contributed by atoms with Gasteiger partial charge >= 0.3 is 0 Å². The zero-order valence-corrected chi connectivity index (χ0v) is 22.9. The molecule has 0 saturated carbocycles. The van der Waals surface area contributed by atoms with Crippen molar-refractivity contribution in [1.82, 2.24) is 5.32 Å². The van der Waals surface area contributed by atoms with Gasteiger partial charge in [-0.05, 0) is 57.2 Å². The van der Waals surface area contributed by atoms with Crippen molar-refractivity contribution in [3.63, 3.8) is 0 Å². The Morgan fingerprint density at radius 3 is 1.61 bits per heavy atom. The van der Waals surface area contributed by atoms with Gasteiger partial charge < -0.3 is 0 Å². The van der Waals surface area contributed by atoms with Gasteiger partial charge in [0.15, 0.2) is 0 Å². The van der Waals surface area contributed by atoms with E-state index in [4.69, 9.17) is 0 Å². The third-order valence-electron chi connectivity index (χ3n) is 6.70. The number of fused-ring (bicyclic) bond motifs is 3. The molecule has 0 amide bonds. The van der Waals surface area contributed by atoms with E-state index in [-0.39, 0.29) is 14.4 Å². The van der Waals surface area contributed by atoms with Gasteiger partial charge in [-0.25, -0.2) is 0 Å². The minimum absolute atomic E-state index is 0.150. The van der Waals surface area contributed by atoms with Crippen LogP contribution in [0.15, 0.2) is 36.4 Å². The molecule has 0 aliphatic heterocycles. The SMILES string of the molecule is CCCCCCCCNC1(I)c2cc(C(C)(C)C)ccc2-c2ccc(C(C)(C)C)cc21. The molecule has 1 aliphatic carbocycles. The molecule has 1 aliphatic rings. The van der Waals surface area contributed by atoms with Gasteiger partial charge in [-0.3, -0.25) is 5.32 Å². The molecule has 0 fully saturated rings. The summed E-state index contributed by atoms with van der Waals surface area (Å²) in [5, 5.41) is 4.01. The topological polar surface area (TPSA) is 12.0 Å². The van der Waals surface area contributed by atoms with Crippen molar-refractivity contribution in [2.24, 2.45) is 0 Å². The summed E-state index contributed by atoms with van der Waals surface area (Å²) in [6.07, 6.45) is 7.99. The second kappa shape index (κ2) is 9.55. The van der Waals surface area contributed by atoms with Crippen LogP contribution in [0.4, 0.5) is 0 Å². The Balaban J connectivity index is 1.94. The van der Waals surface area contributed by atoms with E-state index in [2.05, 4.69) is 113 Å². The fraction of sp³-hybridized carbons (Fsp3) is 0.586. The van der Waals surface area contributed by atoms with Gasteiger partial charge in [0.2, 0.25) is 0 Å². The van der Waals surface area contributed by atoms with Crippen LogP contribution in [0, 0.1) is 0 Å². The van der Waals surface area contributed by atoms with Crippen LogP contribution in [0.25, 0.3) is 11.1 Å². The Morgan fingerprint density at radius 1 is 0.710 bits per heavy atom. The summed E-state index contributed by atoms with van der Waals surface area (Å²) in [5.41, 5.74) is 8.80. The number of hydrogen-bond acceptors (Lipinski definition) is 1.